The Bertz CT molecular complexity index is 446. The Kier molecular flexibility index (Phi) is 17.0. The van der Waals surface area contributed by atoms with E-state index < -0.39 is 17.4 Å². The molecule has 0 unspecified atom stereocenters. The lowest BCUT2D eigenvalue weighted by atomic mass is 9.85. The fourth-order valence-corrected chi connectivity index (χ4v) is 3.92. The standard InChI is InChI=1S/C26H51NO3/c1-6-7-8-9-10-11-12-13-14-15-16-17-18-19-20-26(4,5)25(30)27-23(24(28)29)21-22(2)3/h22-23H,6-21H2,1-5H3,(H,27,30)(H,28,29)/t23-/m0/s1. The minimum atomic E-state index is -0.940. The van der Waals surface area contributed by atoms with Gasteiger partial charge in [-0.25, -0.2) is 4.79 Å². The van der Waals surface area contributed by atoms with Crippen molar-refractivity contribution in [1.82, 2.24) is 5.32 Å². The summed E-state index contributed by atoms with van der Waals surface area (Å²) in [4.78, 5) is 23.9. The van der Waals surface area contributed by atoms with E-state index in [0.29, 0.717) is 6.42 Å². The normalized spacial score (nSPS) is 12.9. The van der Waals surface area contributed by atoms with Crippen molar-refractivity contribution in [3.8, 4) is 0 Å². The first kappa shape index (κ1) is 28.9. The monoisotopic (exact) mass is 425 g/mol. The minimum Gasteiger partial charge on any atom is -0.480 e. The molecule has 0 fully saturated rings. The molecule has 0 aromatic heterocycles. The van der Waals surface area contributed by atoms with E-state index in [1.54, 1.807) is 0 Å². The van der Waals surface area contributed by atoms with Crippen LogP contribution in [0.4, 0.5) is 0 Å². The van der Waals surface area contributed by atoms with Crippen LogP contribution in [-0.2, 0) is 9.59 Å². The summed E-state index contributed by atoms with van der Waals surface area (Å²) < 4.78 is 0. The summed E-state index contributed by atoms with van der Waals surface area (Å²) >= 11 is 0. The van der Waals surface area contributed by atoms with Crippen LogP contribution in [0.3, 0.4) is 0 Å². The summed E-state index contributed by atoms with van der Waals surface area (Å²) in [6.07, 6.45) is 19.8. The van der Waals surface area contributed by atoms with Gasteiger partial charge < -0.3 is 10.4 Å². The van der Waals surface area contributed by atoms with Crippen LogP contribution in [0.15, 0.2) is 0 Å². The van der Waals surface area contributed by atoms with Crippen molar-refractivity contribution < 1.29 is 14.7 Å². The first-order chi connectivity index (χ1) is 14.2. The van der Waals surface area contributed by atoms with Crippen molar-refractivity contribution in [2.45, 2.75) is 143 Å². The van der Waals surface area contributed by atoms with Crippen LogP contribution in [0.5, 0.6) is 0 Å². The summed E-state index contributed by atoms with van der Waals surface area (Å²) in [5, 5.41) is 12.1. The number of amides is 1. The van der Waals surface area contributed by atoms with Gasteiger partial charge in [-0.1, -0.05) is 125 Å². The van der Waals surface area contributed by atoms with E-state index >= 15 is 0 Å². The van der Waals surface area contributed by atoms with Crippen molar-refractivity contribution in [2.75, 3.05) is 0 Å². The SMILES string of the molecule is CCCCCCCCCCCCCCCCC(C)(C)C(=O)N[C@@H](CC(C)C)C(=O)O. The molecule has 0 heterocycles. The number of hydrogen-bond donors (Lipinski definition) is 2. The van der Waals surface area contributed by atoms with Crippen LogP contribution in [0.25, 0.3) is 0 Å². The number of carbonyl (C=O) groups excluding carboxylic acids is 1. The van der Waals surface area contributed by atoms with Gasteiger partial charge in [0.2, 0.25) is 5.91 Å². The van der Waals surface area contributed by atoms with E-state index in [9.17, 15) is 14.7 Å². The highest BCUT2D eigenvalue weighted by molar-refractivity contribution is 5.86. The molecule has 0 aromatic rings. The van der Waals surface area contributed by atoms with Crippen LogP contribution in [0, 0.1) is 11.3 Å². The first-order valence-electron chi connectivity index (χ1n) is 12.7. The number of hydrogen-bond acceptors (Lipinski definition) is 2. The zero-order chi connectivity index (χ0) is 22.8. The summed E-state index contributed by atoms with van der Waals surface area (Å²) in [7, 11) is 0. The molecule has 4 heteroatoms. The van der Waals surface area contributed by atoms with Gasteiger partial charge in [-0.2, -0.15) is 0 Å². The lowest BCUT2D eigenvalue weighted by Crippen LogP contribution is -2.47. The number of carbonyl (C=O) groups is 2. The molecule has 1 amide bonds. The second-order valence-corrected chi connectivity index (χ2v) is 10.2. The average molecular weight is 426 g/mol. The summed E-state index contributed by atoms with van der Waals surface area (Å²) in [6.45, 7) is 10.1. The summed E-state index contributed by atoms with van der Waals surface area (Å²) in [5.41, 5.74) is -0.512. The Labute approximate surface area is 187 Å². The molecular formula is C26H51NO3. The van der Waals surface area contributed by atoms with Gasteiger partial charge in [-0.15, -0.1) is 0 Å². The highest BCUT2D eigenvalue weighted by atomic mass is 16.4. The fraction of sp³-hybridized carbons (Fsp3) is 0.923. The molecule has 0 aromatic carbocycles. The van der Waals surface area contributed by atoms with Crippen LogP contribution < -0.4 is 5.32 Å². The Hall–Kier alpha value is -1.06. The van der Waals surface area contributed by atoms with Gasteiger partial charge in [0.25, 0.3) is 0 Å². The Morgan fingerprint density at radius 1 is 0.767 bits per heavy atom. The molecule has 0 aliphatic heterocycles. The second kappa shape index (κ2) is 17.6. The molecule has 30 heavy (non-hydrogen) atoms. The molecule has 0 radical (unpaired) electrons. The minimum absolute atomic E-state index is 0.134. The van der Waals surface area contributed by atoms with Gasteiger partial charge in [0, 0.05) is 5.41 Å². The van der Waals surface area contributed by atoms with E-state index in [2.05, 4.69) is 12.2 Å². The zero-order valence-electron chi connectivity index (χ0n) is 20.7. The molecule has 0 saturated carbocycles. The van der Waals surface area contributed by atoms with Crippen molar-refractivity contribution in [2.24, 2.45) is 11.3 Å². The number of carboxylic acid groups (broad SMARTS) is 1. The fourth-order valence-electron chi connectivity index (χ4n) is 3.92. The Balaban J connectivity index is 3.76. The van der Waals surface area contributed by atoms with Crippen molar-refractivity contribution in [3.63, 3.8) is 0 Å². The van der Waals surface area contributed by atoms with E-state index in [4.69, 9.17) is 0 Å². The molecule has 2 N–H and O–H groups in total. The number of carboxylic acids is 1. The van der Waals surface area contributed by atoms with Crippen LogP contribution in [0.2, 0.25) is 0 Å². The van der Waals surface area contributed by atoms with E-state index in [1.807, 2.05) is 27.7 Å². The molecule has 0 aliphatic carbocycles. The van der Waals surface area contributed by atoms with Crippen molar-refractivity contribution in [1.29, 1.82) is 0 Å². The maximum Gasteiger partial charge on any atom is 0.326 e. The van der Waals surface area contributed by atoms with Gasteiger partial charge in [0.1, 0.15) is 6.04 Å². The Morgan fingerprint density at radius 2 is 1.17 bits per heavy atom. The summed E-state index contributed by atoms with van der Waals surface area (Å²) in [6, 6.07) is -0.784. The molecular weight excluding hydrogens is 374 g/mol. The Morgan fingerprint density at radius 3 is 1.53 bits per heavy atom. The molecule has 0 spiro atoms. The molecule has 0 bridgehead atoms. The lowest BCUT2D eigenvalue weighted by Gasteiger charge is -2.26. The zero-order valence-corrected chi connectivity index (χ0v) is 20.7. The highest BCUT2D eigenvalue weighted by Gasteiger charge is 2.31. The number of aliphatic carboxylic acids is 1. The van der Waals surface area contributed by atoms with Crippen LogP contribution in [0.1, 0.15) is 137 Å². The smallest absolute Gasteiger partial charge is 0.326 e. The third-order valence-corrected chi connectivity index (χ3v) is 6.08. The maximum atomic E-state index is 12.6. The van der Waals surface area contributed by atoms with Crippen LogP contribution in [-0.4, -0.2) is 23.0 Å². The summed E-state index contributed by atoms with van der Waals surface area (Å²) in [5.74, 6) is -0.838. The first-order valence-corrected chi connectivity index (χ1v) is 12.7. The molecule has 4 nitrogen and oxygen atoms in total. The predicted octanol–water partition coefficient (Wildman–Crippen LogP) is 7.50. The molecule has 178 valence electrons. The van der Waals surface area contributed by atoms with E-state index in [0.717, 1.165) is 19.3 Å². The van der Waals surface area contributed by atoms with E-state index in [-0.39, 0.29) is 11.8 Å². The van der Waals surface area contributed by atoms with Gasteiger partial charge in [0.05, 0.1) is 0 Å². The van der Waals surface area contributed by atoms with Gasteiger partial charge in [0.15, 0.2) is 0 Å². The largest absolute Gasteiger partial charge is 0.480 e. The molecule has 1 atom stereocenters. The van der Waals surface area contributed by atoms with Crippen molar-refractivity contribution in [3.05, 3.63) is 0 Å². The van der Waals surface area contributed by atoms with Crippen LogP contribution >= 0.6 is 0 Å². The third-order valence-electron chi connectivity index (χ3n) is 6.08. The van der Waals surface area contributed by atoms with Gasteiger partial charge in [-0.3, -0.25) is 4.79 Å². The van der Waals surface area contributed by atoms with Gasteiger partial charge in [-0.05, 0) is 18.8 Å². The van der Waals surface area contributed by atoms with E-state index in [1.165, 1.54) is 77.0 Å². The molecule has 0 saturated heterocycles. The molecule has 0 aliphatic rings. The number of unbranched alkanes of at least 4 members (excludes halogenated alkanes) is 13. The van der Waals surface area contributed by atoms with Gasteiger partial charge >= 0.3 is 5.97 Å². The quantitative estimate of drug-likeness (QED) is 0.198. The lowest BCUT2D eigenvalue weighted by molar-refractivity contribution is -0.144. The van der Waals surface area contributed by atoms with Crippen molar-refractivity contribution >= 4 is 11.9 Å². The number of nitrogens with one attached hydrogen (secondary N) is 1. The maximum absolute atomic E-state index is 12.6. The predicted molar refractivity (Wildman–Crippen MR) is 128 cm³/mol. The highest BCUT2D eigenvalue weighted by Crippen LogP contribution is 2.25. The topological polar surface area (TPSA) is 66.4 Å². The third kappa shape index (κ3) is 15.7. The molecule has 0 rings (SSSR count). The second-order valence-electron chi connectivity index (χ2n) is 10.2. The average Bonchev–Trinajstić information content (AvgIpc) is 2.67. The number of rotatable bonds is 20.